The molecule has 1 N–H and O–H groups in total. The first kappa shape index (κ1) is 14.8. The van der Waals surface area contributed by atoms with E-state index in [4.69, 9.17) is 4.74 Å². The van der Waals surface area contributed by atoms with Crippen molar-refractivity contribution in [2.24, 2.45) is 0 Å². The summed E-state index contributed by atoms with van der Waals surface area (Å²) >= 11 is 0. The molecule has 0 radical (unpaired) electrons. The molecule has 1 aliphatic heterocycles. The summed E-state index contributed by atoms with van der Waals surface area (Å²) in [5.41, 5.74) is 0.377. The van der Waals surface area contributed by atoms with Crippen LogP contribution in [0.2, 0.25) is 0 Å². The number of nitrogens with one attached hydrogen (secondary N) is 1. The van der Waals surface area contributed by atoms with Gasteiger partial charge < -0.3 is 10.1 Å². The summed E-state index contributed by atoms with van der Waals surface area (Å²) in [7, 11) is 0. The third-order valence-corrected chi connectivity index (χ3v) is 3.31. The zero-order chi connectivity index (χ0) is 14.7. The number of halogens is 3. The van der Waals surface area contributed by atoms with Gasteiger partial charge in [0, 0.05) is 19.4 Å². The van der Waals surface area contributed by atoms with E-state index in [2.05, 4.69) is 5.32 Å². The number of piperidine rings is 1. The molecule has 1 saturated heterocycles. The maximum Gasteiger partial charge on any atom is 0.302 e. The normalized spacial score (nSPS) is 22.6. The minimum Gasteiger partial charge on any atom is -0.462 e. The van der Waals surface area contributed by atoms with Crippen LogP contribution in [0, 0.1) is 17.5 Å². The Hall–Kier alpha value is -1.56. The first-order chi connectivity index (χ1) is 9.45. The molecule has 1 aliphatic rings. The fourth-order valence-electron chi connectivity index (χ4n) is 2.47. The number of carbonyl (C=O) groups is 1. The van der Waals surface area contributed by atoms with Crippen LogP contribution >= 0.6 is 0 Å². The van der Waals surface area contributed by atoms with Gasteiger partial charge in [-0.05, 0) is 37.1 Å². The first-order valence-electron chi connectivity index (χ1n) is 6.49. The predicted molar refractivity (Wildman–Crippen MR) is 66.6 cm³/mol. The van der Waals surface area contributed by atoms with Crippen molar-refractivity contribution in [2.45, 2.75) is 38.3 Å². The van der Waals surface area contributed by atoms with Crippen molar-refractivity contribution in [3.05, 3.63) is 35.1 Å². The number of hydrogen-bond acceptors (Lipinski definition) is 3. The van der Waals surface area contributed by atoms with Gasteiger partial charge in [0.2, 0.25) is 0 Å². The van der Waals surface area contributed by atoms with E-state index in [0.29, 0.717) is 31.4 Å². The van der Waals surface area contributed by atoms with Crippen LogP contribution in [0.15, 0.2) is 12.1 Å². The van der Waals surface area contributed by atoms with E-state index in [1.807, 2.05) is 0 Å². The molecule has 2 rings (SSSR count). The number of hydrogen-bond donors (Lipinski definition) is 1. The molecule has 0 aromatic heterocycles. The summed E-state index contributed by atoms with van der Waals surface area (Å²) in [4.78, 5) is 10.9. The minimum atomic E-state index is -1.46. The Kier molecular flexibility index (Phi) is 4.65. The van der Waals surface area contributed by atoms with Crippen molar-refractivity contribution in [1.82, 2.24) is 5.32 Å². The van der Waals surface area contributed by atoms with Gasteiger partial charge in [-0.3, -0.25) is 4.79 Å². The topological polar surface area (TPSA) is 38.3 Å². The lowest BCUT2D eigenvalue weighted by molar-refractivity contribution is -0.147. The molecule has 20 heavy (non-hydrogen) atoms. The van der Waals surface area contributed by atoms with Crippen molar-refractivity contribution >= 4 is 5.97 Å². The van der Waals surface area contributed by atoms with E-state index in [1.165, 1.54) is 6.92 Å². The molecular formula is C14H16F3NO2. The SMILES string of the molecule is CC(=O)OC1CCNC(Cc2cc(F)c(F)c(F)c2)C1. The highest BCUT2D eigenvalue weighted by atomic mass is 19.2. The van der Waals surface area contributed by atoms with Gasteiger partial charge in [0.05, 0.1) is 0 Å². The highest BCUT2D eigenvalue weighted by Gasteiger charge is 2.24. The number of carbonyl (C=O) groups excluding carboxylic acids is 1. The van der Waals surface area contributed by atoms with Crippen LogP contribution in [0.3, 0.4) is 0 Å². The molecule has 2 atom stereocenters. The third-order valence-electron chi connectivity index (χ3n) is 3.31. The van der Waals surface area contributed by atoms with E-state index in [0.717, 1.165) is 12.1 Å². The van der Waals surface area contributed by atoms with Gasteiger partial charge in [0.15, 0.2) is 17.5 Å². The summed E-state index contributed by atoms with van der Waals surface area (Å²) in [5.74, 6) is -4.17. The van der Waals surface area contributed by atoms with Crippen LogP contribution in [-0.2, 0) is 16.0 Å². The largest absolute Gasteiger partial charge is 0.462 e. The molecular weight excluding hydrogens is 271 g/mol. The van der Waals surface area contributed by atoms with Crippen molar-refractivity contribution in [3.8, 4) is 0 Å². The van der Waals surface area contributed by atoms with Crippen LogP contribution in [0.4, 0.5) is 13.2 Å². The average Bonchev–Trinajstić information content (AvgIpc) is 2.35. The van der Waals surface area contributed by atoms with Crippen LogP contribution in [-0.4, -0.2) is 24.7 Å². The number of rotatable bonds is 3. The van der Waals surface area contributed by atoms with Gasteiger partial charge in [-0.2, -0.15) is 0 Å². The highest BCUT2D eigenvalue weighted by molar-refractivity contribution is 5.66. The minimum absolute atomic E-state index is 0.0580. The van der Waals surface area contributed by atoms with Crippen molar-refractivity contribution in [1.29, 1.82) is 0 Å². The second kappa shape index (κ2) is 6.26. The number of benzene rings is 1. The maximum absolute atomic E-state index is 13.1. The summed E-state index contributed by atoms with van der Waals surface area (Å²) in [5, 5.41) is 3.19. The lowest BCUT2D eigenvalue weighted by atomic mass is 9.95. The van der Waals surface area contributed by atoms with Crippen LogP contribution in [0.5, 0.6) is 0 Å². The zero-order valence-electron chi connectivity index (χ0n) is 11.1. The van der Waals surface area contributed by atoms with E-state index in [-0.39, 0.29) is 18.1 Å². The Morgan fingerprint density at radius 3 is 2.60 bits per heavy atom. The first-order valence-corrected chi connectivity index (χ1v) is 6.49. The molecule has 3 nitrogen and oxygen atoms in total. The molecule has 0 spiro atoms. The van der Waals surface area contributed by atoms with Gasteiger partial charge in [-0.1, -0.05) is 0 Å². The van der Waals surface area contributed by atoms with Crippen LogP contribution in [0.25, 0.3) is 0 Å². The van der Waals surface area contributed by atoms with E-state index >= 15 is 0 Å². The lowest BCUT2D eigenvalue weighted by Gasteiger charge is -2.30. The number of ether oxygens (including phenoxy) is 1. The van der Waals surface area contributed by atoms with Gasteiger partial charge >= 0.3 is 5.97 Å². The Balaban J connectivity index is 2.01. The Bertz CT molecular complexity index is 484. The summed E-state index contributed by atoms with van der Waals surface area (Å²) in [6.07, 6.45) is 1.45. The van der Waals surface area contributed by atoms with E-state index < -0.39 is 17.5 Å². The maximum atomic E-state index is 13.1. The van der Waals surface area contributed by atoms with Gasteiger partial charge in [-0.15, -0.1) is 0 Å². The lowest BCUT2D eigenvalue weighted by Crippen LogP contribution is -2.43. The molecule has 0 saturated carbocycles. The molecule has 0 bridgehead atoms. The second-order valence-corrected chi connectivity index (χ2v) is 4.98. The molecule has 110 valence electrons. The summed E-state index contributed by atoms with van der Waals surface area (Å²) < 4.78 is 44.3. The fourth-order valence-corrected chi connectivity index (χ4v) is 2.47. The van der Waals surface area contributed by atoms with Crippen molar-refractivity contribution < 1.29 is 22.7 Å². The second-order valence-electron chi connectivity index (χ2n) is 4.98. The number of esters is 1. The van der Waals surface area contributed by atoms with Gasteiger partial charge in [0.25, 0.3) is 0 Å². The van der Waals surface area contributed by atoms with Crippen LogP contribution < -0.4 is 5.32 Å². The smallest absolute Gasteiger partial charge is 0.302 e. The Morgan fingerprint density at radius 2 is 2.00 bits per heavy atom. The molecule has 6 heteroatoms. The van der Waals surface area contributed by atoms with Gasteiger partial charge in [-0.25, -0.2) is 13.2 Å². The summed E-state index contributed by atoms with van der Waals surface area (Å²) in [6, 6.07) is 1.93. The quantitative estimate of drug-likeness (QED) is 0.685. The van der Waals surface area contributed by atoms with Crippen molar-refractivity contribution in [2.75, 3.05) is 6.54 Å². The van der Waals surface area contributed by atoms with Crippen molar-refractivity contribution in [3.63, 3.8) is 0 Å². The van der Waals surface area contributed by atoms with E-state index in [1.54, 1.807) is 0 Å². The molecule has 1 aromatic rings. The average molecular weight is 287 g/mol. The predicted octanol–water partition coefficient (Wildman–Crippen LogP) is 2.33. The molecule has 2 unspecified atom stereocenters. The zero-order valence-corrected chi connectivity index (χ0v) is 11.1. The summed E-state index contributed by atoms with van der Waals surface area (Å²) in [6.45, 7) is 2.01. The van der Waals surface area contributed by atoms with Crippen LogP contribution in [0.1, 0.15) is 25.3 Å². The Labute approximate surface area is 115 Å². The standard InChI is InChI=1S/C14H16F3NO2/c1-8(19)20-11-2-3-18-10(7-11)4-9-5-12(15)14(17)13(16)6-9/h5-6,10-11,18H,2-4,7H2,1H3. The molecule has 1 fully saturated rings. The van der Waals surface area contributed by atoms with E-state index in [9.17, 15) is 18.0 Å². The Morgan fingerprint density at radius 1 is 1.35 bits per heavy atom. The fraction of sp³-hybridized carbons (Fsp3) is 0.500. The molecule has 0 amide bonds. The highest BCUT2D eigenvalue weighted by Crippen LogP contribution is 2.19. The van der Waals surface area contributed by atoms with Gasteiger partial charge in [0.1, 0.15) is 6.10 Å². The molecule has 1 heterocycles. The monoisotopic (exact) mass is 287 g/mol. The molecule has 1 aromatic carbocycles. The molecule has 0 aliphatic carbocycles. The third kappa shape index (κ3) is 3.72.